The normalized spacial score (nSPS) is 22.8. The third-order valence-corrected chi connectivity index (χ3v) is 3.77. The molecule has 0 saturated carbocycles. The second-order valence-electron chi connectivity index (χ2n) is 5.36. The van der Waals surface area contributed by atoms with Crippen molar-refractivity contribution in [2.24, 2.45) is 5.92 Å². The molecule has 1 N–H and O–H groups in total. The Labute approximate surface area is 121 Å². The van der Waals surface area contributed by atoms with E-state index in [-0.39, 0.29) is 11.9 Å². The van der Waals surface area contributed by atoms with Crippen molar-refractivity contribution in [3.8, 4) is 5.75 Å². The minimum atomic E-state index is -0.0234. The van der Waals surface area contributed by atoms with Gasteiger partial charge >= 0.3 is 0 Å². The number of amides is 1. The first kappa shape index (κ1) is 14.9. The lowest BCUT2D eigenvalue weighted by Crippen LogP contribution is -2.39. The molecule has 1 aliphatic rings. The third kappa shape index (κ3) is 3.31. The third-order valence-electron chi connectivity index (χ3n) is 3.77. The van der Waals surface area contributed by atoms with Gasteiger partial charge in [0.1, 0.15) is 5.75 Å². The van der Waals surface area contributed by atoms with Crippen LogP contribution in [0.15, 0.2) is 24.3 Å². The van der Waals surface area contributed by atoms with Gasteiger partial charge in [-0.25, -0.2) is 0 Å². The summed E-state index contributed by atoms with van der Waals surface area (Å²) in [4.78, 5) is 14.7. The molecule has 20 heavy (non-hydrogen) atoms. The van der Waals surface area contributed by atoms with Crippen LogP contribution in [0.4, 0.5) is 5.69 Å². The number of benzene rings is 1. The number of likely N-dealkylation sites (tertiary alicyclic amines) is 1. The Balaban J connectivity index is 2.08. The number of carbonyl (C=O) groups is 1. The van der Waals surface area contributed by atoms with E-state index in [1.165, 1.54) is 0 Å². The molecule has 4 heteroatoms. The molecular weight excluding hydrogens is 252 g/mol. The molecular formula is C16H24N2O2. The Morgan fingerprint density at radius 2 is 2.15 bits per heavy atom. The summed E-state index contributed by atoms with van der Waals surface area (Å²) in [6.45, 7) is 8.75. The number of hydrogen-bond donors (Lipinski definition) is 1. The van der Waals surface area contributed by atoms with E-state index in [4.69, 9.17) is 4.74 Å². The minimum Gasteiger partial charge on any atom is -0.492 e. The number of carbonyl (C=O) groups excluding carboxylic acids is 1. The van der Waals surface area contributed by atoms with Crippen LogP contribution in [0.5, 0.6) is 5.75 Å². The summed E-state index contributed by atoms with van der Waals surface area (Å²) in [7, 11) is 0. The first-order valence-electron chi connectivity index (χ1n) is 7.42. The average molecular weight is 276 g/mol. The molecule has 1 fully saturated rings. The van der Waals surface area contributed by atoms with Crippen molar-refractivity contribution < 1.29 is 9.53 Å². The Morgan fingerprint density at radius 3 is 2.85 bits per heavy atom. The molecule has 1 aromatic rings. The van der Waals surface area contributed by atoms with Crippen molar-refractivity contribution in [1.82, 2.24) is 4.90 Å². The molecule has 1 amide bonds. The van der Waals surface area contributed by atoms with Crippen LogP contribution in [0.2, 0.25) is 0 Å². The zero-order valence-corrected chi connectivity index (χ0v) is 12.6. The minimum absolute atomic E-state index is 0.0234. The van der Waals surface area contributed by atoms with Crippen LogP contribution in [-0.2, 0) is 4.79 Å². The van der Waals surface area contributed by atoms with Crippen LogP contribution in [0.1, 0.15) is 27.2 Å². The van der Waals surface area contributed by atoms with E-state index in [1.54, 1.807) is 0 Å². The molecule has 1 heterocycles. The van der Waals surface area contributed by atoms with Crippen LogP contribution in [0.25, 0.3) is 0 Å². The van der Waals surface area contributed by atoms with Gasteiger partial charge in [-0.05, 0) is 37.9 Å². The molecule has 0 bridgehead atoms. The van der Waals surface area contributed by atoms with Crippen molar-refractivity contribution in [3.63, 3.8) is 0 Å². The van der Waals surface area contributed by atoms with Crippen LogP contribution in [0.3, 0.4) is 0 Å². The van der Waals surface area contributed by atoms with Crippen LogP contribution in [0, 0.1) is 5.92 Å². The average Bonchev–Trinajstić information content (AvgIpc) is 2.82. The fourth-order valence-electron chi connectivity index (χ4n) is 2.82. The standard InChI is InChI=1S/C16H24N2O2/c1-4-18-11-12(3)10-14(18)16(19)17-13-8-6-7-9-15(13)20-5-2/h6-9,12,14H,4-5,10-11H2,1-3H3,(H,17,19). The number of nitrogens with one attached hydrogen (secondary N) is 1. The molecule has 2 rings (SSSR count). The van der Waals surface area contributed by atoms with E-state index >= 15 is 0 Å². The molecule has 110 valence electrons. The zero-order chi connectivity index (χ0) is 14.5. The molecule has 0 spiro atoms. The summed E-state index contributed by atoms with van der Waals surface area (Å²) in [6.07, 6.45) is 0.927. The molecule has 1 aromatic carbocycles. The highest BCUT2D eigenvalue weighted by Crippen LogP contribution is 2.27. The zero-order valence-electron chi connectivity index (χ0n) is 12.6. The predicted molar refractivity (Wildman–Crippen MR) is 81.1 cm³/mol. The second kappa shape index (κ2) is 6.75. The lowest BCUT2D eigenvalue weighted by molar-refractivity contribution is -0.120. The topological polar surface area (TPSA) is 41.6 Å². The van der Waals surface area contributed by atoms with Crippen LogP contribution < -0.4 is 10.1 Å². The summed E-state index contributed by atoms with van der Waals surface area (Å²) in [6, 6.07) is 7.57. The first-order valence-corrected chi connectivity index (χ1v) is 7.42. The van der Waals surface area contributed by atoms with Crippen molar-refractivity contribution in [3.05, 3.63) is 24.3 Å². The number of nitrogens with zero attached hydrogens (tertiary/aromatic N) is 1. The quantitative estimate of drug-likeness (QED) is 0.899. The summed E-state index contributed by atoms with van der Waals surface area (Å²) >= 11 is 0. The molecule has 0 radical (unpaired) electrons. The largest absolute Gasteiger partial charge is 0.492 e. The van der Waals surface area contributed by atoms with E-state index in [0.717, 1.165) is 30.9 Å². The summed E-state index contributed by atoms with van der Waals surface area (Å²) in [5, 5.41) is 3.02. The maximum atomic E-state index is 12.5. The van der Waals surface area contributed by atoms with Gasteiger partial charge in [-0.15, -0.1) is 0 Å². The lowest BCUT2D eigenvalue weighted by atomic mass is 10.1. The van der Waals surface area contributed by atoms with Gasteiger partial charge in [-0.3, -0.25) is 9.69 Å². The van der Waals surface area contributed by atoms with Gasteiger partial charge in [-0.2, -0.15) is 0 Å². The fraction of sp³-hybridized carbons (Fsp3) is 0.562. The van der Waals surface area contributed by atoms with Gasteiger partial charge in [0, 0.05) is 6.54 Å². The van der Waals surface area contributed by atoms with Gasteiger partial charge in [0.25, 0.3) is 0 Å². The molecule has 0 aromatic heterocycles. The Morgan fingerprint density at radius 1 is 1.40 bits per heavy atom. The molecule has 2 unspecified atom stereocenters. The second-order valence-corrected chi connectivity index (χ2v) is 5.36. The SMILES string of the molecule is CCOc1ccccc1NC(=O)C1CC(C)CN1CC. The van der Waals surface area contributed by atoms with E-state index < -0.39 is 0 Å². The Kier molecular flexibility index (Phi) is 5.01. The van der Waals surface area contributed by atoms with Crippen LogP contribution in [-0.4, -0.2) is 36.5 Å². The smallest absolute Gasteiger partial charge is 0.241 e. The number of hydrogen-bond acceptors (Lipinski definition) is 3. The molecule has 4 nitrogen and oxygen atoms in total. The highest BCUT2D eigenvalue weighted by atomic mass is 16.5. The fourth-order valence-corrected chi connectivity index (χ4v) is 2.82. The number of rotatable bonds is 5. The van der Waals surface area contributed by atoms with Gasteiger partial charge in [0.05, 0.1) is 18.3 Å². The maximum Gasteiger partial charge on any atom is 0.241 e. The first-order chi connectivity index (χ1) is 9.65. The number of para-hydroxylation sites is 2. The monoisotopic (exact) mass is 276 g/mol. The number of ether oxygens (including phenoxy) is 1. The van der Waals surface area contributed by atoms with Gasteiger partial charge in [-0.1, -0.05) is 26.0 Å². The summed E-state index contributed by atoms with van der Waals surface area (Å²) in [5.41, 5.74) is 0.759. The molecule has 2 atom stereocenters. The van der Waals surface area contributed by atoms with Crippen molar-refractivity contribution in [2.75, 3.05) is 25.0 Å². The van der Waals surface area contributed by atoms with E-state index in [0.29, 0.717) is 12.5 Å². The molecule has 1 saturated heterocycles. The summed E-state index contributed by atoms with van der Waals surface area (Å²) < 4.78 is 5.55. The van der Waals surface area contributed by atoms with Gasteiger partial charge < -0.3 is 10.1 Å². The Bertz CT molecular complexity index is 462. The summed E-state index contributed by atoms with van der Waals surface area (Å²) in [5.74, 6) is 1.38. The van der Waals surface area contributed by atoms with Crippen molar-refractivity contribution >= 4 is 11.6 Å². The maximum absolute atomic E-state index is 12.5. The highest BCUT2D eigenvalue weighted by Gasteiger charge is 2.33. The van der Waals surface area contributed by atoms with E-state index in [2.05, 4.69) is 24.1 Å². The molecule has 0 aliphatic carbocycles. The Hall–Kier alpha value is -1.55. The van der Waals surface area contributed by atoms with Crippen LogP contribution >= 0.6 is 0 Å². The number of anilines is 1. The van der Waals surface area contributed by atoms with E-state index in [9.17, 15) is 4.79 Å². The van der Waals surface area contributed by atoms with Gasteiger partial charge in [0.15, 0.2) is 0 Å². The van der Waals surface area contributed by atoms with Crippen molar-refractivity contribution in [2.45, 2.75) is 33.2 Å². The lowest BCUT2D eigenvalue weighted by Gasteiger charge is -2.22. The highest BCUT2D eigenvalue weighted by molar-refractivity contribution is 5.96. The molecule has 1 aliphatic heterocycles. The van der Waals surface area contributed by atoms with Gasteiger partial charge in [0.2, 0.25) is 5.91 Å². The van der Waals surface area contributed by atoms with Crippen molar-refractivity contribution in [1.29, 1.82) is 0 Å². The number of likely N-dealkylation sites (N-methyl/N-ethyl adjacent to an activating group) is 1. The van der Waals surface area contributed by atoms with E-state index in [1.807, 2.05) is 31.2 Å². The predicted octanol–water partition coefficient (Wildman–Crippen LogP) is 2.75.